The van der Waals surface area contributed by atoms with Crippen molar-refractivity contribution in [1.82, 2.24) is 20.2 Å². The molecule has 0 saturated carbocycles. The van der Waals surface area contributed by atoms with Crippen LogP contribution in [0, 0.1) is 20.8 Å². The van der Waals surface area contributed by atoms with Crippen LogP contribution < -0.4 is 10.6 Å². The standard InChI is InChI=1S/C16H17ClN6/c1-9-8-14(23-22-9)20-15-10(2)11(3)18-16(21-15)19-13-6-4-12(17)5-7-13/h4-8H,1-3H3,(H3,18,19,20,21,22,23). The summed E-state index contributed by atoms with van der Waals surface area (Å²) in [7, 11) is 0. The number of aromatic nitrogens is 4. The molecule has 118 valence electrons. The first-order chi connectivity index (χ1) is 11.0. The monoisotopic (exact) mass is 328 g/mol. The van der Waals surface area contributed by atoms with E-state index in [4.69, 9.17) is 11.6 Å². The molecule has 23 heavy (non-hydrogen) atoms. The van der Waals surface area contributed by atoms with Gasteiger partial charge in [0.15, 0.2) is 0 Å². The fraction of sp³-hybridized carbons (Fsp3) is 0.188. The van der Waals surface area contributed by atoms with Gasteiger partial charge in [-0.15, -0.1) is 0 Å². The minimum Gasteiger partial charge on any atom is -0.325 e. The molecular formula is C16H17ClN6. The van der Waals surface area contributed by atoms with Crippen molar-refractivity contribution in [3.63, 3.8) is 0 Å². The van der Waals surface area contributed by atoms with Gasteiger partial charge in [0.25, 0.3) is 0 Å². The Balaban J connectivity index is 1.88. The first-order valence-electron chi connectivity index (χ1n) is 7.18. The summed E-state index contributed by atoms with van der Waals surface area (Å²) in [5, 5.41) is 14.1. The van der Waals surface area contributed by atoms with Crippen LogP contribution in [0.25, 0.3) is 0 Å². The van der Waals surface area contributed by atoms with Gasteiger partial charge < -0.3 is 10.6 Å². The number of hydrogen-bond acceptors (Lipinski definition) is 5. The molecule has 7 heteroatoms. The van der Waals surface area contributed by atoms with Gasteiger partial charge in [0.1, 0.15) is 11.6 Å². The van der Waals surface area contributed by atoms with Crippen molar-refractivity contribution in [3.8, 4) is 0 Å². The quantitative estimate of drug-likeness (QED) is 0.666. The molecule has 0 aliphatic heterocycles. The first-order valence-corrected chi connectivity index (χ1v) is 7.56. The summed E-state index contributed by atoms with van der Waals surface area (Å²) in [6, 6.07) is 9.32. The number of hydrogen-bond donors (Lipinski definition) is 3. The predicted octanol–water partition coefficient (Wildman–Crippen LogP) is 4.27. The number of benzene rings is 1. The van der Waals surface area contributed by atoms with E-state index in [0.717, 1.165) is 34.3 Å². The summed E-state index contributed by atoms with van der Waals surface area (Å²) in [4.78, 5) is 9.02. The molecule has 0 fully saturated rings. The highest BCUT2D eigenvalue weighted by Gasteiger charge is 2.09. The Morgan fingerprint density at radius 3 is 2.39 bits per heavy atom. The zero-order valence-corrected chi connectivity index (χ0v) is 13.9. The number of aryl methyl sites for hydroxylation is 2. The lowest BCUT2D eigenvalue weighted by Gasteiger charge is -2.12. The van der Waals surface area contributed by atoms with Crippen molar-refractivity contribution >= 4 is 34.9 Å². The van der Waals surface area contributed by atoms with Crippen LogP contribution in [-0.2, 0) is 0 Å². The molecule has 2 heterocycles. The Kier molecular flexibility index (Phi) is 4.16. The molecular weight excluding hydrogens is 312 g/mol. The van der Waals surface area contributed by atoms with E-state index < -0.39 is 0 Å². The Hall–Kier alpha value is -2.60. The Morgan fingerprint density at radius 2 is 1.74 bits per heavy atom. The van der Waals surface area contributed by atoms with E-state index in [9.17, 15) is 0 Å². The van der Waals surface area contributed by atoms with Crippen molar-refractivity contribution in [2.45, 2.75) is 20.8 Å². The third-order valence-electron chi connectivity index (χ3n) is 3.45. The van der Waals surface area contributed by atoms with E-state index in [-0.39, 0.29) is 0 Å². The number of H-pyrrole nitrogens is 1. The van der Waals surface area contributed by atoms with Gasteiger partial charge in [0.05, 0.1) is 5.69 Å². The van der Waals surface area contributed by atoms with Gasteiger partial charge in [0, 0.05) is 28.0 Å². The van der Waals surface area contributed by atoms with E-state index in [1.54, 1.807) is 0 Å². The van der Waals surface area contributed by atoms with Gasteiger partial charge in [-0.3, -0.25) is 5.10 Å². The van der Waals surface area contributed by atoms with Gasteiger partial charge in [-0.1, -0.05) is 11.6 Å². The van der Waals surface area contributed by atoms with Gasteiger partial charge in [-0.25, -0.2) is 4.98 Å². The van der Waals surface area contributed by atoms with E-state index >= 15 is 0 Å². The largest absolute Gasteiger partial charge is 0.325 e. The highest BCUT2D eigenvalue weighted by molar-refractivity contribution is 6.30. The molecule has 0 bridgehead atoms. The normalized spacial score (nSPS) is 10.6. The maximum Gasteiger partial charge on any atom is 0.229 e. The summed E-state index contributed by atoms with van der Waals surface area (Å²) in [5.41, 5.74) is 3.67. The number of anilines is 4. The lowest BCUT2D eigenvalue weighted by Crippen LogP contribution is -2.05. The lowest BCUT2D eigenvalue weighted by atomic mass is 10.2. The molecule has 0 atom stereocenters. The predicted molar refractivity (Wildman–Crippen MR) is 92.8 cm³/mol. The third kappa shape index (κ3) is 3.60. The second kappa shape index (κ2) is 6.26. The summed E-state index contributed by atoms with van der Waals surface area (Å²) < 4.78 is 0. The van der Waals surface area contributed by atoms with Crippen LogP contribution in [0.5, 0.6) is 0 Å². The van der Waals surface area contributed by atoms with Crippen LogP contribution in [0.4, 0.5) is 23.3 Å². The molecule has 1 aromatic carbocycles. The Bertz CT molecular complexity index is 825. The van der Waals surface area contributed by atoms with E-state index in [2.05, 4.69) is 30.8 Å². The number of halogens is 1. The maximum absolute atomic E-state index is 5.90. The molecule has 0 amide bonds. The van der Waals surface area contributed by atoms with Crippen LogP contribution in [0.1, 0.15) is 17.0 Å². The molecule has 0 saturated heterocycles. The van der Waals surface area contributed by atoms with Crippen LogP contribution in [0.2, 0.25) is 5.02 Å². The second-order valence-electron chi connectivity index (χ2n) is 5.29. The number of aromatic amines is 1. The van der Waals surface area contributed by atoms with E-state index in [0.29, 0.717) is 11.0 Å². The minimum atomic E-state index is 0.522. The molecule has 0 aliphatic rings. The molecule has 2 aromatic heterocycles. The smallest absolute Gasteiger partial charge is 0.229 e. The lowest BCUT2D eigenvalue weighted by molar-refractivity contribution is 1.04. The van der Waals surface area contributed by atoms with Gasteiger partial charge in [-0.2, -0.15) is 10.1 Å². The molecule has 3 rings (SSSR count). The maximum atomic E-state index is 5.90. The van der Waals surface area contributed by atoms with Crippen molar-refractivity contribution in [2.75, 3.05) is 10.6 Å². The number of nitrogens with zero attached hydrogens (tertiary/aromatic N) is 3. The first kappa shape index (κ1) is 15.3. The van der Waals surface area contributed by atoms with Crippen LogP contribution >= 0.6 is 11.6 Å². The Labute approximate surface area is 139 Å². The topological polar surface area (TPSA) is 78.5 Å². The molecule has 0 unspecified atom stereocenters. The summed E-state index contributed by atoms with van der Waals surface area (Å²) in [6.07, 6.45) is 0. The average Bonchev–Trinajstić information content (AvgIpc) is 2.92. The van der Waals surface area contributed by atoms with Gasteiger partial charge >= 0.3 is 0 Å². The minimum absolute atomic E-state index is 0.522. The highest BCUT2D eigenvalue weighted by atomic mass is 35.5. The van der Waals surface area contributed by atoms with Gasteiger partial charge in [0.2, 0.25) is 5.95 Å². The van der Waals surface area contributed by atoms with Crippen molar-refractivity contribution in [3.05, 3.63) is 52.3 Å². The zero-order valence-electron chi connectivity index (χ0n) is 13.1. The van der Waals surface area contributed by atoms with Crippen molar-refractivity contribution in [2.24, 2.45) is 0 Å². The van der Waals surface area contributed by atoms with Crippen molar-refractivity contribution < 1.29 is 0 Å². The SMILES string of the molecule is Cc1cc(Nc2nc(Nc3ccc(Cl)cc3)nc(C)c2C)[nH]n1. The van der Waals surface area contributed by atoms with Crippen LogP contribution in [0.3, 0.4) is 0 Å². The molecule has 3 N–H and O–H groups in total. The zero-order chi connectivity index (χ0) is 16.4. The molecule has 0 spiro atoms. The van der Waals surface area contributed by atoms with Crippen molar-refractivity contribution in [1.29, 1.82) is 0 Å². The molecule has 0 aliphatic carbocycles. The van der Waals surface area contributed by atoms with E-state index in [1.165, 1.54) is 0 Å². The van der Waals surface area contributed by atoms with Crippen LogP contribution in [0.15, 0.2) is 30.3 Å². The van der Waals surface area contributed by atoms with Gasteiger partial charge in [-0.05, 0) is 45.0 Å². The highest BCUT2D eigenvalue weighted by Crippen LogP contribution is 2.23. The fourth-order valence-corrected chi connectivity index (χ4v) is 2.21. The molecule has 6 nitrogen and oxygen atoms in total. The number of nitrogens with one attached hydrogen (secondary N) is 3. The number of rotatable bonds is 4. The summed E-state index contributed by atoms with van der Waals surface area (Å²) >= 11 is 5.90. The Morgan fingerprint density at radius 1 is 1.00 bits per heavy atom. The fourth-order valence-electron chi connectivity index (χ4n) is 2.08. The average molecular weight is 329 g/mol. The summed E-state index contributed by atoms with van der Waals surface area (Å²) in [5.74, 6) is 2.05. The third-order valence-corrected chi connectivity index (χ3v) is 3.70. The second-order valence-corrected chi connectivity index (χ2v) is 5.72. The van der Waals surface area contributed by atoms with Crippen LogP contribution in [-0.4, -0.2) is 20.2 Å². The van der Waals surface area contributed by atoms with E-state index in [1.807, 2.05) is 51.1 Å². The molecule has 3 aromatic rings. The molecule has 0 radical (unpaired) electrons. The summed E-state index contributed by atoms with van der Waals surface area (Å²) in [6.45, 7) is 5.85.